The maximum atomic E-state index is 12.6. The molecule has 1 aliphatic rings. The maximum Gasteiger partial charge on any atom is 0.223 e. The highest BCUT2D eigenvalue weighted by atomic mass is 32.1. The van der Waals surface area contributed by atoms with Crippen molar-refractivity contribution in [2.75, 3.05) is 26.8 Å². The lowest BCUT2D eigenvalue weighted by molar-refractivity contribution is -0.129. The number of nitrogens with one attached hydrogen (secondary N) is 1. The molecule has 2 aromatic rings. The molecule has 3 heterocycles. The van der Waals surface area contributed by atoms with Crippen molar-refractivity contribution in [1.29, 1.82) is 0 Å². The molecule has 3 rings (SSSR count). The van der Waals surface area contributed by atoms with Gasteiger partial charge in [0.05, 0.1) is 18.8 Å². The zero-order valence-electron chi connectivity index (χ0n) is 15.9. The van der Waals surface area contributed by atoms with Crippen molar-refractivity contribution < 1.29 is 9.53 Å². The normalized spacial score (nSPS) is 20.3. The van der Waals surface area contributed by atoms with Gasteiger partial charge in [-0.3, -0.25) is 9.48 Å². The fourth-order valence-corrected chi connectivity index (χ4v) is 4.32. The van der Waals surface area contributed by atoms with Crippen molar-refractivity contribution in [2.45, 2.75) is 32.9 Å². The summed E-state index contributed by atoms with van der Waals surface area (Å²) in [4.78, 5) is 19.1. The third-order valence-corrected chi connectivity index (χ3v) is 5.98. The summed E-state index contributed by atoms with van der Waals surface area (Å²) in [6.45, 7) is 6.72. The Kier molecular flexibility index (Phi) is 6.05. The number of rotatable bonds is 8. The van der Waals surface area contributed by atoms with Crippen LogP contribution in [0.2, 0.25) is 0 Å². The fraction of sp³-hybridized carbons (Fsp3) is 0.611. The van der Waals surface area contributed by atoms with Crippen LogP contribution in [0.5, 0.6) is 0 Å². The molecule has 0 aromatic carbocycles. The van der Waals surface area contributed by atoms with Gasteiger partial charge in [-0.1, -0.05) is 0 Å². The van der Waals surface area contributed by atoms with Gasteiger partial charge in [0.15, 0.2) is 0 Å². The predicted molar refractivity (Wildman–Crippen MR) is 101 cm³/mol. The second-order valence-electron chi connectivity index (χ2n) is 6.81. The second-order valence-corrected chi connectivity index (χ2v) is 7.75. The predicted octanol–water partition coefficient (Wildman–Crippen LogP) is 1.82. The van der Waals surface area contributed by atoms with Gasteiger partial charge in [0.25, 0.3) is 0 Å². The number of ether oxygens (including phenoxy) is 1. The Labute approximate surface area is 158 Å². The molecule has 0 radical (unpaired) electrons. The summed E-state index contributed by atoms with van der Waals surface area (Å²) >= 11 is 1.67. The van der Waals surface area contributed by atoms with Crippen molar-refractivity contribution in [1.82, 2.24) is 25.0 Å². The number of methoxy groups -OCH3 is 1. The van der Waals surface area contributed by atoms with Gasteiger partial charge in [-0.25, -0.2) is 4.98 Å². The molecule has 1 saturated heterocycles. The molecule has 7 nitrogen and oxygen atoms in total. The number of amides is 1. The van der Waals surface area contributed by atoms with E-state index < -0.39 is 0 Å². The number of carbonyl (C=O) groups excluding carboxylic acids is 1. The SMILES string of the molecule is COCCN1C(=O)C[C@@H](CNCc2nc(C)cs2)[C@@H]1c1cnn(C)c1C. The molecule has 1 fully saturated rings. The molecule has 0 saturated carbocycles. The van der Waals surface area contributed by atoms with Gasteiger partial charge in [-0.15, -0.1) is 11.3 Å². The van der Waals surface area contributed by atoms with E-state index in [0.717, 1.165) is 35.0 Å². The summed E-state index contributed by atoms with van der Waals surface area (Å²) in [5.41, 5.74) is 3.29. The summed E-state index contributed by atoms with van der Waals surface area (Å²) in [6.07, 6.45) is 2.45. The molecule has 0 bridgehead atoms. The van der Waals surface area contributed by atoms with Crippen LogP contribution >= 0.6 is 11.3 Å². The van der Waals surface area contributed by atoms with E-state index in [1.165, 1.54) is 0 Å². The Bertz CT molecular complexity index is 757. The Morgan fingerprint density at radius 2 is 2.23 bits per heavy atom. The fourth-order valence-electron chi connectivity index (χ4n) is 3.58. The molecule has 26 heavy (non-hydrogen) atoms. The topological polar surface area (TPSA) is 72.3 Å². The zero-order chi connectivity index (χ0) is 18.7. The quantitative estimate of drug-likeness (QED) is 0.760. The molecule has 2 aromatic heterocycles. The van der Waals surface area contributed by atoms with Gasteiger partial charge in [-0.2, -0.15) is 5.10 Å². The largest absolute Gasteiger partial charge is 0.383 e. The van der Waals surface area contributed by atoms with E-state index in [0.29, 0.717) is 19.6 Å². The van der Waals surface area contributed by atoms with Crippen LogP contribution in [0.25, 0.3) is 0 Å². The third kappa shape index (κ3) is 3.97. The van der Waals surface area contributed by atoms with Crippen molar-refractivity contribution in [3.63, 3.8) is 0 Å². The van der Waals surface area contributed by atoms with Crippen LogP contribution in [0, 0.1) is 19.8 Å². The first-order valence-corrected chi connectivity index (χ1v) is 9.77. The number of likely N-dealkylation sites (tertiary alicyclic amines) is 1. The molecule has 142 valence electrons. The van der Waals surface area contributed by atoms with E-state index in [1.54, 1.807) is 18.4 Å². The van der Waals surface area contributed by atoms with Gasteiger partial charge in [0.1, 0.15) is 5.01 Å². The van der Waals surface area contributed by atoms with Crippen molar-refractivity contribution in [3.8, 4) is 0 Å². The minimum Gasteiger partial charge on any atom is -0.383 e. The molecule has 1 N–H and O–H groups in total. The average molecular weight is 378 g/mol. The van der Waals surface area contributed by atoms with Crippen LogP contribution in [-0.4, -0.2) is 52.4 Å². The average Bonchev–Trinajstić information content (AvgIpc) is 3.26. The molecular weight excluding hydrogens is 350 g/mol. The summed E-state index contributed by atoms with van der Waals surface area (Å²) < 4.78 is 7.08. The van der Waals surface area contributed by atoms with E-state index >= 15 is 0 Å². The first-order chi connectivity index (χ1) is 12.5. The van der Waals surface area contributed by atoms with E-state index in [9.17, 15) is 4.79 Å². The van der Waals surface area contributed by atoms with Gasteiger partial charge in [-0.05, 0) is 13.8 Å². The smallest absolute Gasteiger partial charge is 0.223 e. The number of carbonyl (C=O) groups is 1. The van der Waals surface area contributed by atoms with Crippen molar-refractivity contribution >= 4 is 17.2 Å². The highest BCUT2D eigenvalue weighted by Crippen LogP contribution is 2.38. The highest BCUT2D eigenvalue weighted by molar-refractivity contribution is 7.09. The molecule has 0 aliphatic carbocycles. The Hall–Kier alpha value is -1.77. The summed E-state index contributed by atoms with van der Waals surface area (Å²) in [7, 11) is 3.60. The van der Waals surface area contributed by atoms with Crippen molar-refractivity contribution in [3.05, 3.63) is 33.5 Å². The van der Waals surface area contributed by atoms with Gasteiger partial charge in [0.2, 0.25) is 5.91 Å². The number of aromatic nitrogens is 3. The molecule has 0 unspecified atom stereocenters. The number of thiazole rings is 1. The van der Waals surface area contributed by atoms with E-state index in [1.807, 2.05) is 29.7 Å². The van der Waals surface area contributed by atoms with E-state index in [2.05, 4.69) is 27.7 Å². The summed E-state index contributed by atoms with van der Waals surface area (Å²) in [6, 6.07) is 0.0388. The monoisotopic (exact) mass is 377 g/mol. The number of nitrogens with zero attached hydrogens (tertiary/aromatic N) is 4. The number of hydrogen-bond donors (Lipinski definition) is 1. The first-order valence-electron chi connectivity index (χ1n) is 8.90. The number of aryl methyl sites for hydroxylation is 2. The first kappa shape index (κ1) is 19.0. The Morgan fingerprint density at radius 3 is 2.85 bits per heavy atom. The second kappa shape index (κ2) is 8.28. The van der Waals surface area contributed by atoms with Gasteiger partial charge >= 0.3 is 0 Å². The molecular formula is C18H27N5O2S. The van der Waals surface area contributed by atoms with Gasteiger partial charge < -0.3 is 15.0 Å². The van der Waals surface area contributed by atoms with E-state index in [4.69, 9.17) is 4.74 Å². The minimum atomic E-state index is 0.0388. The molecule has 0 spiro atoms. The Morgan fingerprint density at radius 1 is 1.42 bits per heavy atom. The summed E-state index contributed by atoms with van der Waals surface area (Å²) in [5, 5.41) is 11.0. The van der Waals surface area contributed by atoms with Gasteiger partial charge in [0, 0.05) is 68.5 Å². The molecule has 1 aliphatic heterocycles. The van der Waals surface area contributed by atoms with E-state index in [-0.39, 0.29) is 17.9 Å². The lowest BCUT2D eigenvalue weighted by Gasteiger charge is -2.28. The van der Waals surface area contributed by atoms with Crippen LogP contribution in [-0.2, 0) is 23.1 Å². The molecule has 2 atom stereocenters. The number of hydrogen-bond acceptors (Lipinski definition) is 6. The Balaban J connectivity index is 1.73. The maximum absolute atomic E-state index is 12.6. The minimum absolute atomic E-state index is 0.0388. The van der Waals surface area contributed by atoms with Crippen LogP contribution in [0.4, 0.5) is 0 Å². The third-order valence-electron chi connectivity index (χ3n) is 5.02. The zero-order valence-corrected chi connectivity index (χ0v) is 16.7. The summed E-state index contributed by atoms with van der Waals surface area (Å²) in [5.74, 6) is 0.399. The lowest BCUT2D eigenvalue weighted by Crippen LogP contribution is -2.34. The van der Waals surface area contributed by atoms with Crippen LogP contribution in [0.1, 0.15) is 34.4 Å². The lowest BCUT2D eigenvalue weighted by atomic mass is 9.94. The van der Waals surface area contributed by atoms with Crippen molar-refractivity contribution in [2.24, 2.45) is 13.0 Å². The highest BCUT2D eigenvalue weighted by Gasteiger charge is 2.41. The molecule has 1 amide bonds. The van der Waals surface area contributed by atoms with Crippen LogP contribution in [0.15, 0.2) is 11.6 Å². The van der Waals surface area contributed by atoms with Crippen LogP contribution in [0.3, 0.4) is 0 Å². The molecule has 8 heteroatoms. The van der Waals surface area contributed by atoms with Crippen LogP contribution < -0.4 is 5.32 Å². The standard InChI is InChI=1S/C18H27N5O2S/c1-12-11-26-16(21-12)10-19-8-14-7-17(24)23(5-6-25-4)18(14)15-9-20-22(3)13(15)2/h9,11,14,18-19H,5-8,10H2,1-4H3/t14-,18+/m0/s1.